The quantitative estimate of drug-likeness (QED) is 0.469. The average molecular weight is 519 g/mol. The zero-order valence-electron chi connectivity index (χ0n) is 19.2. The van der Waals surface area contributed by atoms with Gasteiger partial charge in [-0.2, -0.15) is 0 Å². The van der Waals surface area contributed by atoms with Gasteiger partial charge in [-0.25, -0.2) is 0 Å². The number of aromatic carboxylic acids is 1. The van der Waals surface area contributed by atoms with Crippen molar-refractivity contribution < 1.29 is 14.6 Å². The van der Waals surface area contributed by atoms with Gasteiger partial charge in [-0.1, -0.05) is 0 Å². The molecule has 0 unspecified atom stereocenters. The summed E-state index contributed by atoms with van der Waals surface area (Å²) in [6.45, 7) is 0.572. The molecule has 0 atom stereocenters. The van der Waals surface area contributed by atoms with E-state index in [4.69, 9.17) is 9.84 Å². The van der Waals surface area contributed by atoms with Crippen LogP contribution in [0.2, 0.25) is 0 Å². The van der Waals surface area contributed by atoms with Crippen LogP contribution in [-0.2, 0) is 12.0 Å². The normalized spacial score (nSPS) is 27.0. The summed E-state index contributed by atoms with van der Waals surface area (Å²) >= 11 is -0.0120. The third-order valence-electron chi connectivity index (χ3n) is 8.01. The summed E-state index contributed by atoms with van der Waals surface area (Å²) in [5, 5.41) is 9.15. The molecule has 2 aromatic carbocycles. The summed E-state index contributed by atoms with van der Waals surface area (Å²) in [5.74, 6) is 2.74. The van der Waals surface area contributed by atoms with Gasteiger partial charge in [-0.05, 0) is 0 Å². The third kappa shape index (κ3) is 4.28. The number of nitrogens with zero attached hydrogens (tertiary/aromatic N) is 1. The van der Waals surface area contributed by atoms with Crippen LogP contribution < -0.4 is 13.8 Å². The van der Waals surface area contributed by atoms with Crippen LogP contribution in [0.1, 0.15) is 60.0 Å². The first-order valence-electron chi connectivity index (χ1n) is 12.2. The van der Waals surface area contributed by atoms with Gasteiger partial charge in [-0.3, -0.25) is 0 Å². The van der Waals surface area contributed by atoms with Gasteiger partial charge < -0.3 is 0 Å². The number of aromatic nitrogens is 1. The molecule has 0 amide bonds. The Balaban J connectivity index is 1.31. The molecule has 4 nitrogen and oxygen atoms in total. The van der Waals surface area contributed by atoms with Crippen LogP contribution in [0.25, 0.3) is 0 Å². The Labute approximate surface area is 206 Å². The number of hydrogen-bond donors (Lipinski definition) is 1. The number of hydrogen-bond acceptors (Lipinski definition) is 3. The summed E-state index contributed by atoms with van der Waals surface area (Å²) < 4.78 is 8.69. The zero-order valence-corrected chi connectivity index (χ0v) is 20.9. The maximum absolute atomic E-state index is 11.2. The molecule has 7 rings (SSSR count). The molecule has 4 bridgehead atoms. The molecule has 4 saturated carbocycles. The van der Waals surface area contributed by atoms with E-state index in [0.29, 0.717) is 6.61 Å². The van der Waals surface area contributed by atoms with Crippen LogP contribution in [0, 0.1) is 17.8 Å². The van der Waals surface area contributed by atoms with Crippen molar-refractivity contribution in [2.45, 2.75) is 50.5 Å². The zero-order chi connectivity index (χ0) is 23.1. The average Bonchev–Trinajstić information content (AvgIpc) is 2.83. The van der Waals surface area contributed by atoms with Gasteiger partial charge in [0.05, 0.1) is 0 Å². The molecule has 4 aliphatic rings. The molecule has 0 aliphatic heterocycles. The Kier molecular flexibility index (Phi) is 5.71. The summed E-state index contributed by atoms with van der Waals surface area (Å²) in [7, 11) is 0. The molecule has 1 aromatic heterocycles. The predicted octanol–water partition coefficient (Wildman–Crippen LogP) is 4.48. The number of pyridine rings is 1. The van der Waals surface area contributed by atoms with Crippen molar-refractivity contribution in [3.8, 4) is 5.75 Å². The molecule has 174 valence electrons. The van der Waals surface area contributed by atoms with Gasteiger partial charge in [0.15, 0.2) is 0 Å². The second-order valence-electron chi connectivity index (χ2n) is 10.4. The first-order chi connectivity index (χ1) is 16.6. The van der Waals surface area contributed by atoms with E-state index in [2.05, 4.69) is 47.4 Å². The molecule has 0 spiro atoms. The fourth-order valence-electron chi connectivity index (χ4n) is 6.99. The standard InChI is InChI=1S/C29H29NO3Se/c31-28(32)23-6-9-27(30-17-23)34-24-7-8-25(26(13-24)33-18-19-4-2-1-3-5-19)29-14-20-10-21(15-29)12-22(11-20)16-29/h1-9,13,17,20-22H,10-12,14-16,18H2,(H,31,32). The van der Waals surface area contributed by atoms with E-state index in [1.165, 1.54) is 60.3 Å². The monoisotopic (exact) mass is 519 g/mol. The van der Waals surface area contributed by atoms with Crippen LogP contribution in [0.4, 0.5) is 0 Å². The molecule has 1 N–H and O–H groups in total. The first kappa shape index (κ1) is 21.9. The van der Waals surface area contributed by atoms with Gasteiger partial charge in [-0.15, -0.1) is 0 Å². The molecular weight excluding hydrogens is 489 g/mol. The summed E-state index contributed by atoms with van der Waals surface area (Å²) in [6, 6.07) is 20.7. The van der Waals surface area contributed by atoms with Crippen molar-refractivity contribution in [1.29, 1.82) is 0 Å². The number of carboxylic acid groups (broad SMARTS) is 1. The van der Waals surface area contributed by atoms with Gasteiger partial charge in [0.1, 0.15) is 0 Å². The fourth-order valence-corrected chi connectivity index (χ4v) is 8.63. The number of benzene rings is 2. The van der Waals surface area contributed by atoms with Crippen molar-refractivity contribution in [3.05, 3.63) is 83.6 Å². The Bertz CT molecular complexity index is 1160. The number of carboxylic acids is 1. The van der Waals surface area contributed by atoms with E-state index in [0.717, 1.165) is 28.1 Å². The SMILES string of the molecule is O=C(O)c1ccc([Se]c2ccc(C34CC5CC(CC(C5)C3)C4)c(OCc3ccccc3)c2)nc1. The van der Waals surface area contributed by atoms with Crippen LogP contribution in [-0.4, -0.2) is 31.0 Å². The van der Waals surface area contributed by atoms with Crippen molar-refractivity contribution in [2.24, 2.45) is 17.8 Å². The molecular formula is C29H29NO3Se. The molecule has 4 aliphatic carbocycles. The Morgan fingerprint density at radius 2 is 1.68 bits per heavy atom. The molecule has 1 heterocycles. The van der Waals surface area contributed by atoms with Gasteiger partial charge in [0.2, 0.25) is 0 Å². The van der Waals surface area contributed by atoms with E-state index in [1.807, 2.05) is 12.1 Å². The Morgan fingerprint density at radius 1 is 0.971 bits per heavy atom. The van der Waals surface area contributed by atoms with Crippen LogP contribution in [0.3, 0.4) is 0 Å². The Morgan fingerprint density at radius 3 is 2.29 bits per heavy atom. The molecule has 3 aromatic rings. The van der Waals surface area contributed by atoms with Crippen LogP contribution >= 0.6 is 0 Å². The first-order valence-corrected chi connectivity index (χ1v) is 14.0. The summed E-state index contributed by atoms with van der Waals surface area (Å²) in [4.78, 5) is 15.6. The predicted molar refractivity (Wildman–Crippen MR) is 133 cm³/mol. The fraction of sp³-hybridized carbons (Fsp3) is 0.379. The molecule has 4 fully saturated rings. The molecule has 34 heavy (non-hydrogen) atoms. The van der Waals surface area contributed by atoms with Gasteiger partial charge in [0, 0.05) is 0 Å². The van der Waals surface area contributed by atoms with Crippen molar-refractivity contribution in [1.82, 2.24) is 4.98 Å². The minimum atomic E-state index is -0.942. The van der Waals surface area contributed by atoms with Crippen LogP contribution in [0.5, 0.6) is 5.75 Å². The second kappa shape index (κ2) is 8.87. The number of carbonyl (C=O) groups is 1. The van der Waals surface area contributed by atoms with E-state index >= 15 is 0 Å². The number of rotatable bonds is 7. The summed E-state index contributed by atoms with van der Waals surface area (Å²) in [6.07, 6.45) is 9.67. The molecule has 5 heteroatoms. The number of ether oxygens (including phenoxy) is 1. The van der Waals surface area contributed by atoms with Crippen molar-refractivity contribution in [3.63, 3.8) is 0 Å². The maximum atomic E-state index is 11.2. The second-order valence-corrected chi connectivity index (χ2v) is 12.7. The van der Waals surface area contributed by atoms with Crippen molar-refractivity contribution >= 4 is 30.0 Å². The summed E-state index contributed by atoms with van der Waals surface area (Å²) in [5.41, 5.74) is 3.09. The minimum absolute atomic E-state index is 0.0120. The molecule has 0 saturated heterocycles. The van der Waals surface area contributed by atoms with E-state index < -0.39 is 5.97 Å². The van der Waals surface area contributed by atoms with E-state index in [-0.39, 0.29) is 25.9 Å². The van der Waals surface area contributed by atoms with Gasteiger partial charge >= 0.3 is 207 Å². The molecule has 0 radical (unpaired) electrons. The van der Waals surface area contributed by atoms with Crippen molar-refractivity contribution in [2.75, 3.05) is 0 Å². The Hall–Kier alpha value is -2.62. The van der Waals surface area contributed by atoms with Crippen LogP contribution in [0.15, 0.2) is 66.9 Å². The van der Waals surface area contributed by atoms with E-state index in [1.54, 1.807) is 6.07 Å². The van der Waals surface area contributed by atoms with Gasteiger partial charge in [0.25, 0.3) is 0 Å². The van der Waals surface area contributed by atoms with E-state index in [9.17, 15) is 4.79 Å². The third-order valence-corrected chi connectivity index (χ3v) is 9.98. The topological polar surface area (TPSA) is 59.4 Å².